The minimum atomic E-state index is -0.345. The van der Waals surface area contributed by atoms with Crippen LogP contribution in [0, 0.1) is 17.8 Å². The highest BCUT2D eigenvalue weighted by atomic mass is 16.2. The number of benzene rings is 1. The van der Waals surface area contributed by atoms with E-state index >= 15 is 0 Å². The van der Waals surface area contributed by atoms with Gasteiger partial charge in [0.1, 0.15) is 0 Å². The van der Waals surface area contributed by atoms with Crippen LogP contribution in [0.4, 0.5) is 0 Å². The van der Waals surface area contributed by atoms with Crippen LogP contribution in [-0.4, -0.2) is 37.0 Å². The number of nitrogens with two attached hydrogens (primary N) is 1. The van der Waals surface area contributed by atoms with Crippen LogP contribution in [0.25, 0.3) is 0 Å². The molecule has 1 aliphatic carbocycles. The summed E-state index contributed by atoms with van der Waals surface area (Å²) in [4.78, 5) is 16.1. The Hall–Kier alpha value is -1.39. The summed E-state index contributed by atoms with van der Waals surface area (Å²) in [5, 5.41) is 3.45. The number of fused-ring (bicyclic) bond motifs is 2. The zero-order chi connectivity index (χ0) is 19.7. The van der Waals surface area contributed by atoms with Gasteiger partial charge in [0.15, 0.2) is 0 Å². The second kappa shape index (κ2) is 8.16. The molecule has 4 nitrogen and oxygen atoms in total. The molecule has 28 heavy (non-hydrogen) atoms. The van der Waals surface area contributed by atoms with Crippen molar-refractivity contribution in [3.8, 4) is 0 Å². The molecule has 1 aromatic rings. The maximum Gasteiger partial charge on any atom is 0.233 e. The fraction of sp³-hybridized carbons (Fsp3) is 0.708. The van der Waals surface area contributed by atoms with Crippen molar-refractivity contribution in [2.24, 2.45) is 23.5 Å². The third kappa shape index (κ3) is 3.29. The summed E-state index contributed by atoms with van der Waals surface area (Å²) < 4.78 is 0. The Kier molecular flexibility index (Phi) is 5.80. The van der Waals surface area contributed by atoms with Gasteiger partial charge in [-0.2, -0.15) is 0 Å². The van der Waals surface area contributed by atoms with Gasteiger partial charge in [-0.15, -0.1) is 0 Å². The number of nitrogens with one attached hydrogen (secondary N) is 1. The van der Waals surface area contributed by atoms with E-state index in [2.05, 4.69) is 48.3 Å². The molecule has 1 spiro atoms. The molecule has 1 saturated carbocycles. The molecule has 1 atom stereocenters. The fourth-order valence-electron chi connectivity index (χ4n) is 6.23. The molecule has 1 unspecified atom stereocenters. The molecular weight excluding hydrogens is 346 g/mol. The van der Waals surface area contributed by atoms with Crippen molar-refractivity contribution in [1.82, 2.24) is 10.2 Å². The van der Waals surface area contributed by atoms with E-state index in [0.29, 0.717) is 24.9 Å². The minimum Gasteiger partial charge on any atom is -0.333 e. The minimum absolute atomic E-state index is 0.209. The van der Waals surface area contributed by atoms with E-state index in [1.807, 2.05) is 0 Å². The summed E-state index contributed by atoms with van der Waals surface area (Å²) in [6.45, 7) is 7.76. The molecule has 2 fully saturated rings. The lowest BCUT2D eigenvalue weighted by Crippen LogP contribution is -2.58. The molecule has 4 rings (SSSR count). The first-order chi connectivity index (χ1) is 13.6. The topological polar surface area (TPSA) is 58.4 Å². The number of piperidine rings is 1. The predicted octanol–water partition coefficient (Wildman–Crippen LogP) is 3.61. The zero-order valence-corrected chi connectivity index (χ0v) is 17.6. The van der Waals surface area contributed by atoms with Gasteiger partial charge in [0.05, 0.1) is 11.5 Å². The summed E-state index contributed by atoms with van der Waals surface area (Å²) in [6.07, 6.45) is 6.84. The summed E-state index contributed by atoms with van der Waals surface area (Å²) in [6, 6.07) is 9.04. The largest absolute Gasteiger partial charge is 0.333 e. The first-order valence-corrected chi connectivity index (χ1v) is 11.4. The number of hydrogen-bond acceptors (Lipinski definition) is 3. The average Bonchev–Trinajstić information content (AvgIpc) is 2.73. The maximum absolute atomic E-state index is 13.9. The molecule has 3 aliphatic rings. The Morgan fingerprint density at radius 2 is 1.82 bits per heavy atom. The van der Waals surface area contributed by atoms with Gasteiger partial charge in [-0.25, -0.2) is 0 Å². The summed E-state index contributed by atoms with van der Waals surface area (Å²) in [7, 11) is 0. The number of hydrogen-bond donors (Lipinski definition) is 2. The Labute approximate surface area is 170 Å². The quantitative estimate of drug-likeness (QED) is 0.835. The predicted molar refractivity (Wildman–Crippen MR) is 114 cm³/mol. The third-order valence-electron chi connectivity index (χ3n) is 7.83. The van der Waals surface area contributed by atoms with Crippen LogP contribution in [0.3, 0.4) is 0 Å². The van der Waals surface area contributed by atoms with E-state index in [9.17, 15) is 4.79 Å². The highest BCUT2D eigenvalue weighted by molar-refractivity contribution is 5.91. The second-order valence-corrected chi connectivity index (χ2v) is 9.57. The molecule has 1 saturated heterocycles. The standard InChI is InChI=1S/C24H37N3O/c1-17(2)18-7-9-19(10-8-18)22-20-5-3-4-6-21(20)24(11-14-26-15-12-24)23(28)27(22)16-13-25/h3-6,17-19,22,26H,7-16,25H2,1-2H3/t18-,19+,22?. The monoisotopic (exact) mass is 383 g/mol. The zero-order valence-electron chi connectivity index (χ0n) is 17.6. The van der Waals surface area contributed by atoms with Crippen LogP contribution in [0.5, 0.6) is 0 Å². The number of carbonyl (C=O) groups is 1. The maximum atomic E-state index is 13.9. The van der Waals surface area contributed by atoms with Crippen molar-refractivity contribution < 1.29 is 4.79 Å². The van der Waals surface area contributed by atoms with Crippen molar-refractivity contribution in [2.45, 2.75) is 63.8 Å². The van der Waals surface area contributed by atoms with Crippen LogP contribution in [0.2, 0.25) is 0 Å². The smallest absolute Gasteiger partial charge is 0.233 e. The summed E-state index contributed by atoms with van der Waals surface area (Å²) >= 11 is 0. The fourth-order valence-corrected chi connectivity index (χ4v) is 6.23. The Balaban J connectivity index is 1.72. The van der Waals surface area contributed by atoms with Crippen LogP contribution in [0.15, 0.2) is 24.3 Å². The lowest BCUT2D eigenvalue weighted by Gasteiger charge is -2.52. The van der Waals surface area contributed by atoms with E-state index in [-0.39, 0.29) is 11.5 Å². The summed E-state index contributed by atoms with van der Waals surface area (Å²) in [5.41, 5.74) is 8.38. The number of rotatable bonds is 4. The highest BCUT2D eigenvalue weighted by Crippen LogP contribution is 2.51. The van der Waals surface area contributed by atoms with E-state index in [1.54, 1.807) is 0 Å². The van der Waals surface area contributed by atoms with Crippen molar-refractivity contribution >= 4 is 5.91 Å². The molecule has 154 valence electrons. The lowest BCUT2D eigenvalue weighted by molar-refractivity contribution is -0.145. The van der Waals surface area contributed by atoms with E-state index < -0.39 is 0 Å². The number of nitrogens with zero attached hydrogens (tertiary/aromatic N) is 1. The van der Waals surface area contributed by atoms with Crippen LogP contribution in [0.1, 0.15) is 69.5 Å². The molecule has 1 amide bonds. The Morgan fingerprint density at radius 3 is 2.46 bits per heavy atom. The van der Waals surface area contributed by atoms with Gasteiger partial charge < -0.3 is 16.0 Å². The first kappa shape index (κ1) is 19.9. The van der Waals surface area contributed by atoms with E-state index in [0.717, 1.165) is 37.8 Å². The van der Waals surface area contributed by atoms with Gasteiger partial charge >= 0.3 is 0 Å². The molecule has 3 N–H and O–H groups in total. The second-order valence-electron chi connectivity index (χ2n) is 9.57. The lowest BCUT2D eigenvalue weighted by atomic mass is 9.64. The van der Waals surface area contributed by atoms with E-state index in [4.69, 9.17) is 5.73 Å². The number of amides is 1. The highest BCUT2D eigenvalue weighted by Gasteiger charge is 2.52. The SMILES string of the molecule is CC(C)[C@H]1CC[C@@H](C2c3ccccc3C3(CCNCC3)C(=O)N2CCN)CC1. The Morgan fingerprint density at radius 1 is 1.14 bits per heavy atom. The first-order valence-electron chi connectivity index (χ1n) is 11.4. The normalized spacial score (nSPS) is 29.9. The van der Waals surface area contributed by atoms with Crippen LogP contribution < -0.4 is 11.1 Å². The van der Waals surface area contributed by atoms with Gasteiger partial charge in [0.25, 0.3) is 0 Å². The molecule has 0 aromatic heterocycles. The third-order valence-corrected chi connectivity index (χ3v) is 7.83. The molecule has 2 aliphatic heterocycles. The van der Waals surface area contributed by atoms with Gasteiger partial charge in [0, 0.05) is 13.1 Å². The molecule has 1 aromatic carbocycles. The average molecular weight is 384 g/mol. The Bertz CT molecular complexity index is 687. The molecule has 2 heterocycles. The molecular formula is C24H37N3O. The van der Waals surface area contributed by atoms with Gasteiger partial charge in [0.2, 0.25) is 5.91 Å². The summed E-state index contributed by atoms with van der Waals surface area (Å²) in [5.74, 6) is 2.50. The van der Waals surface area contributed by atoms with Gasteiger partial charge in [-0.1, -0.05) is 38.1 Å². The van der Waals surface area contributed by atoms with Gasteiger partial charge in [-0.05, 0) is 80.5 Å². The van der Waals surface area contributed by atoms with Crippen LogP contribution in [-0.2, 0) is 10.2 Å². The van der Waals surface area contributed by atoms with Gasteiger partial charge in [-0.3, -0.25) is 4.79 Å². The van der Waals surface area contributed by atoms with Crippen molar-refractivity contribution in [3.63, 3.8) is 0 Å². The molecule has 4 heteroatoms. The molecule has 0 bridgehead atoms. The molecule has 0 radical (unpaired) electrons. The van der Waals surface area contributed by atoms with Crippen molar-refractivity contribution in [1.29, 1.82) is 0 Å². The van der Waals surface area contributed by atoms with Crippen molar-refractivity contribution in [3.05, 3.63) is 35.4 Å². The number of carbonyl (C=O) groups excluding carboxylic acids is 1. The van der Waals surface area contributed by atoms with Crippen molar-refractivity contribution in [2.75, 3.05) is 26.2 Å². The van der Waals surface area contributed by atoms with E-state index in [1.165, 1.54) is 36.8 Å². The van der Waals surface area contributed by atoms with Crippen LogP contribution >= 0.6 is 0 Å².